The number of ether oxygens (including phenoxy) is 1. The van der Waals surface area contributed by atoms with E-state index < -0.39 is 0 Å². The lowest BCUT2D eigenvalue weighted by Crippen LogP contribution is -2.56. The molecule has 3 unspecified atom stereocenters. The van der Waals surface area contributed by atoms with Crippen molar-refractivity contribution in [3.63, 3.8) is 0 Å². The van der Waals surface area contributed by atoms with Gasteiger partial charge in [0.05, 0.1) is 6.10 Å². The Morgan fingerprint density at radius 3 is 2.61 bits per heavy atom. The topological polar surface area (TPSA) is 29.5 Å². The first-order valence-electron chi connectivity index (χ1n) is 6.90. The summed E-state index contributed by atoms with van der Waals surface area (Å²) < 4.78 is 6.13. The number of aliphatic hydroxyl groups is 1. The van der Waals surface area contributed by atoms with Crippen molar-refractivity contribution in [3.8, 4) is 5.75 Å². The second-order valence-electron chi connectivity index (χ2n) is 6.03. The van der Waals surface area contributed by atoms with Crippen LogP contribution in [0.5, 0.6) is 5.75 Å². The number of para-hydroxylation sites is 1. The molecule has 1 aliphatic rings. The number of aliphatic hydroxyl groups excluding tert-OH is 1. The van der Waals surface area contributed by atoms with E-state index >= 15 is 0 Å². The van der Waals surface area contributed by atoms with Crippen LogP contribution in [0.1, 0.15) is 52.0 Å². The molecular formula is C16H24O2. The standard InChI is InChI=1S/C16H24O2/c1-5-11(2)12-8-6-7-9-13(12)18-15-10-14(17)16(15,3)4/h6-9,11,14-15,17H,5,10H2,1-4H3. The number of hydrogen-bond donors (Lipinski definition) is 1. The van der Waals surface area contributed by atoms with Crippen LogP contribution in [0.4, 0.5) is 0 Å². The molecule has 1 saturated carbocycles. The highest BCUT2D eigenvalue weighted by atomic mass is 16.5. The van der Waals surface area contributed by atoms with Gasteiger partial charge in [-0.05, 0) is 24.0 Å². The Hall–Kier alpha value is -1.02. The van der Waals surface area contributed by atoms with E-state index in [2.05, 4.69) is 39.8 Å². The summed E-state index contributed by atoms with van der Waals surface area (Å²) in [5.74, 6) is 1.49. The molecule has 2 rings (SSSR count). The average molecular weight is 248 g/mol. The maximum absolute atomic E-state index is 9.77. The highest BCUT2D eigenvalue weighted by Gasteiger charge is 2.49. The summed E-state index contributed by atoms with van der Waals surface area (Å²) in [6.07, 6.45) is 1.73. The van der Waals surface area contributed by atoms with Crippen LogP contribution in [0.2, 0.25) is 0 Å². The smallest absolute Gasteiger partial charge is 0.123 e. The van der Waals surface area contributed by atoms with Crippen LogP contribution in [0, 0.1) is 5.41 Å². The lowest BCUT2D eigenvalue weighted by molar-refractivity contribution is -0.134. The summed E-state index contributed by atoms with van der Waals surface area (Å²) in [6, 6.07) is 8.27. The molecule has 1 aliphatic carbocycles. The number of hydrogen-bond acceptors (Lipinski definition) is 2. The van der Waals surface area contributed by atoms with Crippen molar-refractivity contribution in [2.45, 2.75) is 58.7 Å². The van der Waals surface area contributed by atoms with Crippen molar-refractivity contribution < 1.29 is 9.84 Å². The molecule has 2 nitrogen and oxygen atoms in total. The molecule has 0 aromatic heterocycles. The highest BCUT2D eigenvalue weighted by molar-refractivity contribution is 5.36. The van der Waals surface area contributed by atoms with Crippen molar-refractivity contribution >= 4 is 0 Å². The largest absolute Gasteiger partial charge is 0.489 e. The molecule has 0 heterocycles. The lowest BCUT2D eigenvalue weighted by atomic mass is 9.66. The van der Waals surface area contributed by atoms with Crippen molar-refractivity contribution in [3.05, 3.63) is 29.8 Å². The predicted octanol–water partition coefficient (Wildman–Crippen LogP) is 3.74. The fourth-order valence-electron chi connectivity index (χ4n) is 2.43. The van der Waals surface area contributed by atoms with Gasteiger partial charge in [-0.3, -0.25) is 0 Å². The van der Waals surface area contributed by atoms with E-state index in [1.54, 1.807) is 0 Å². The molecule has 18 heavy (non-hydrogen) atoms. The monoisotopic (exact) mass is 248 g/mol. The summed E-state index contributed by atoms with van der Waals surface area (Å²) in [6.45, 7) is 8.55. The summed E-state index contributed by atoms with van der Waals surface area (Å²) in [4.78, 5) is 0. The van der Waals surface area contributed by atoms with E-state index in [0.717, 1.165) is 18.6 Å². The number of rotatable bonds is 4. The van der Waals surface area contributed by atoms with Crippen molar-refractivity contribution in [2.24, 2.45) is 5.41 Å². The zero-order chi connectivity index (χ0) is 13.3. The van der Waals surface area contributed by atoms with Crippen LogP contribution in [0.15, 0.2) is 24.3 Å². The predicted molar refractivity (Wildman–Crippen MR) is 74.0 cm³/mol. The van der Waals surface area contributed by atoms with Crippen LogP contribution in [-0.2, 0) is 0 Å². The van der Waals surface area contributed by atoms with Crippen molar-refractivity contribution in [1.29, 1.82) is 0 Å². The molecule has 0 spiro atoms. The van der Waals surface area contributed by atoms with Gasteiger partial charge < -0.3 is 9.84 Å². The Kier molecular flexibility index (Phi) is 3.67. The SMILES string of the molecule is CCC(C)c1ccccc1OC1CC(O)C1(C)C. The van der Waals surface area contributed by atoms with E-state index in [-0.39, 0.29) is 17.6 Å². The van der Waals surface area contributed by atoms with Gasteiger partial charge in [-0.15, -0.1) is 0 Å². The second kappa shape index (κ2) is 4.93. The molecule has 100 valence electrons. The molecule has 1 aromatic rings. The fraction of sp³-hybridized carbons (Fsp3) is 0.625. The molecule has 1 fully saturated rings. The Morgan fingerprint density at radius 1 is 1.39 bits per heavy atom. The van der Waals surface area contributed by atoms with Crippen molar-refractivity contribution in [2.75, 3.05) is 0 Å². The minimum Gasteiger partial charge on any atom is -0.489 e. The first kappa shape index (κ1) is 13.4. The normalized spacial score (nSPS) is 27.4. The Morgan fingerprint density at radius 2 is 2.06 bits per heavy atom. The third-order valence-electron chi connectivity index (χ3n) is 4.46. The molecule has 1 N–H and O–H groups in total. The quantitative estimate of drug-likeness (QED) is 0.879. The summed E-state index contributed by atoms with van der Waals surface area (Å²) in [5, 5.41) is 9.77. The molecular weight excluding hydrogens is 224 g/mol. The molecule has 3 atom stereocenters. The third kappa shape index (κ3) is 2.26. The van der Waals surface area contributed by atoms with E-state index in [0.29, 0.717) is 5.92 Å². The second-order valence-corrected chi connectivity index (χ2v) is 6.03. The van der Waals surface area contributed by atoms with E-state index in [1.807, 2.05) is 12.1 Å². The van der Waals surface area contributed by atoms with E-state index in [4.69, 9.17) is 4.74 Å². The third-order valence-corrected chi connectivity index (χ3v) is 4.46. The van der Waals surface area contributed by atoms with E-state index in [1.165, 1.54) is 5.56 Å². The molecule has 0 bridgehead atoms. The van der Waals surface area contributed by atoms with Gasteiger partial charge in [-0.2, -0.15) is 0 Å². The van der Waals surface area contributed by atoms with Gasteiger partial charge in [0.1, 0.15) is 11.9 Å². The average Bonchev–Trinajstić information content (AvgIpc) is 2.38. The van der Waals surface area contributed by atoms with Gasteiger partial charge in [0.25, 0.3) is 0 Å². The first-order valence-corrected chi connectivity index (χ1v) is 6.90. The van der Waals surface area contributed by atoms with Gasteiger partial charge in [-0.25, -0.2) is 0 Å². The maximum Gasteiger partial charge on any atom is 0.123 e. The maximum atomic E-state index is 9.77. The van der Waals surface area contributed by atoms with Crippen LogP contribution in [0.3, 0.4) is 0 Å². The molecule has 0 saturated heterocycles. The summed E-state index contributed by atoms with van der Waals surface area (Å²) in [5.41, 5.74) is 1.14. The highest BCUT2D eigenvalue weighted by Crippen LogP contribution is 2.44. The number of benzene rings is 1. The molecule has 0 aliphatic heterocycles. The minimum absolute atomic E-state index is 0.123. The first-order chi connectivity index (χ1) is 8.46. The van der Waals surface area contributed by atoms with Crippen LogP contribution >= 0.6 is 0 Å². The Bertz CT molecular complexity index is 411. The zero-order valence-electron chi connectivity index (χ0n) is 11.8. The lowest BCUT2D eigenvalue weighted by Gasteiger charge is -2.48. The zero-order valence-corrected chi connectivity index (χ0v) is 11.8. The van der Waals surface area contributed by atoms with Gasteiger partial charge in [-0.1, -0.05) is 45.9 Å². The van der Waals surface area contributed by atoms with Crippen LogP contribution in [0.25, 0.3) is 0 Å². The molecule has 1 aromatic carbocycles. The van der Waals surface area contributed by atoms with Gasteiger partial charge in [0, 0.05) is 11.8 Å². The fourth-order valence-corrected chi connectivity index (χ4v) is 2.43. The minimum atomic E-state index is -0.238. The summed E-state index contributed by atoms with van der Waals surface area (Å²) in [7, 11) is 0. The van der Waals surface area contributed by atoms with Gasteiger partial charge >= 0.3 is 0 Å². The van der Waals surface area contributed by atoms with Gasteiger partial charge in [0.15, 0.2) is 0 Å². The van der Waals surface area contributed by atoms with Crippen molar-refractivity contribution in [1.82, 2.24) is 0 Å². The molecule has 0 amide bonds. The molecule has 2 heteroatoms. The van der Waals surface area contributed by atoms with Gasteiger partial charge in [0.2, 0.25) is 0 Å². The van der Waals surface area contributed by atoms with Crippen LogP contribution in [-0.4, -0.2) is 17.3 Å². The Balaban J connectivity index is 2.15. The Labute approximate surface area is 110 Å². The molecule has 0 radical (unpaired) electrons. The van der Waals surface area contributed by atoms with Crippen LogP contribution < -0.4 is 4.74 Å². The summed E-state index contributed by atoms with van der Waals surface area (Å²) >= 11 is 0. The van der Waals surface area contributed by atoms with E-state index in [9.17, 15) is 5.11 Å².